The van der Waals surface area contributed by atoms with Gasteiger partial charge in [0, 0.05) is 43.9 Å². The summed E-state index contributed by atoms with van der Waals surface area (Å²) in [6, 6.07) is 0.978. The number of fused-ring (bicyclic) bond motifs is 1. The molecule has 1 aliphatic heterocycles. The molecule has 2 amide bonds. The van der Waals surface area contributed by atoms with Gasteiger partial charge in [-0.1, -0.05) is 6.92 Å². The number of thiophene rings is 1. The van der Waals surface area contributed by atoms with Crippen molar-refractivity contribution in [3.8, 4) is 0 Å². The molecule has 11 heteroatoms. The molecule has 2 aromatic rings. The molecule has 3 heterocycles. The van der Waals surface area contributed by atoms with Crippen LogP contribution in [0.15, 0.2) is 11.4 Å². The van der Waals surface area contributed by atoms with Crippen molar-refractivity contribution in [2.75, 3.05) is 25.0 Å². The normalized spacial score (nSPS) is 19.5. The standard InChI is InChI=1S/C20H25F3N4O3S/c1-10(2)25-19(29)30-14-5-6-27(8-11(14)3)15-7-13(20(21,22)23)17-16(26-15)12(9-31-17)18(28)24-4/h7,9-11,14H,5-6,8H2,1-4H3,(H,24,28)(H,25,29)/t11-,14+/m1/s1. The Balaban J connectivity index is 1.89. The monoisotopic (exact) mass is 458 g/mol. The van der Waals surface area contributed by atoms with Gasteiger partial charge in [-0.2, -0.15) is 13.2 Å². The molecule has 0 aliphatic carbocycles. The number of rotatable bonds is 4. The lowest BCUT2D eigenvalue weighted by molar-refractivity contribution is -0.136. The average molecular weight is 459 g/mol. The minimum atomic E-state index is -4.58. The summed E-state index contributed by atoms with van der Waals surface area (Å²) >= 11 is 0.853. The number of anilines is 1. The summed E-state index contributed by atoms with van der Waals surface area (Å²) in [7, 11) is 1.42. The van der Waals surface area contributed by atoms with Gasteiger partial charge in [0.15, 0.2) is 0 Å². The van der Waals surface area contributed by atoms with Gasteiger partial charge in [-0.05, 0) is 19.9 Å². The molecule has 1 aliphatic rings. The molecule has 0 saturated carbocycles. The van der Waals surface area contributed by atoms with E-state index in [0.29, 0.717) is 19.5 Å². The van der Waals surface area contributed by atoms with Gasteiger partial charge in [-0.3, -0.25) is 4.79 Å². The van der Waals surface area contributed by atoms with Crippen LogP contribution in [0.2, 0.25) is 0 Å². The fourth-order valence-electron chi connectivity index (χ4n) is 3.58. The molecule has 0 spiro atoms. The molecule has 31 heavy (non-hydrogen) atoms. The smallest absolute Gasteiger partial charge is 0.417 e. The van der Waals surface area contributed by atoms with Crippen LogP contribution in [-0.2, 0) is 10.9 Å². The molecule has 7 nitrogen and oxygen atoms in total. The largest absolute Gasteiger partial charge is 0.446 e. The molecular formula is C20H25F3N4O3S. The Labute approximate surface area is 182 Å². The molecule has 1 saturated heterocycles. The number of alkyl carbamates (subject to hydrolysis) is 1. The van der Waals surface area contributed by atoms with E-state index in [4.69, 9.17) is 4.74 Å². The number of carbonyl (C=O) groups excluding carboxylic acids is 2. The van der Waals surface area contributed by atoms with Crippen molar-refractivity contribution < 1.29 is 27.5 Å². The molecule has 1 fully saturated rings. The predicted octanol–water partition coefficient (Wildman–Crippen LogP) is 4.02. The second-order valence-corrected chi connectivity index (χ2v) is 8.77. The number of piperidine rings is 1. The zero-order chi connectivity index (χ0) is 22.9. The van der Waals surface area contributed by atoms with E-state index in [-0.39, 0.29) is 39.7 Å². The van der Waals surface area contributed by atoms with E-state index in [0.717, 1.165) is 17.4 Å². The van der Waals surface area contributed by atoms with Crippen LogP contribution in [0.4, 0.5) is 23.8 Å². The number of ether oxygens (including phenoxy) is 1. The van der Waals surface area contributed by atoms with E-state index in [1.807, 2.05) is 20.8 Å². The van der Waals surface area contributed by atoms with Crippen molar-refractivity contribution in [3.63, 3.8) is 0 Å². The van der Waals surface area contributed by atoms with Gasteiger partial charge < -0.3 is 20.3 Å². The van der Waals surface area contributed by atoms with Gasteiger partial charge in [0.1, 0.15) is 11.9 Å². The van der Waals surface area contributed by atoms with E-state index < -0.39 is 23.7 Å². The van der Waals surface area contributed by atoms with Crippen molar-refractivity contribution in [2.45, 2.75) is 45.5 Å². The van der Waals surface area contributed by atoms with Crippen LogP contribution in [0.5, 0.6) is 0 Å². The summed E-state index contributed by atoms with van der Waals surface area (Å²) < 4.78 is 46.6. The zero-order valence-electron chi connectivity index (χ0n) is 17.7. The SMILES string of the molecule is CNC(=O)c1csc2c(C(F)(F)F)cc(N3CC[C@H](OC(=O)NC(C)C)[C@H](C)C3)nc12. The summed E-state index contributed by atoms with van der Waals surface area (Å²) in [6.07, 6.45) is -4.97. The summed E-state index contributed by atoms with van der Waals surface area (Å²) in [5.74, 6) is -0.444. The Morgan fingerprint density at radius 1 is 1.35 bits per heavy atom. The summed E-state index contributed by atoms with van der Waals surface area (Å²) in [4.78, 5) is 30.2. The molecular weight excluding hydrogens is 433 g/mol. The fraction of sp³-hybridized carbons (Fsp3) is 0.550. The topological polar surface area (TPSA) is 83.6 Å². The number of hydrogen-bond acceptors (Lipinski definition) is 6. The average Bonchev–Trinajstić information content (AvgIpc) is 3.10. The van der Waals surface area contributed by atoms with Crippen LogP contribution >= 0.6 is 11.3 Å². The number of carbonyl (C=O) groups is 2. The maximum Gasteiger partial charge on any atom is 0.417 e. The lowest BCUT2D eigenvalue weighted by Gasteiger charge is -2.37. The molecule has 2 N–H and O–H groups in total. The number of amides is 2. The van der Waals surface area contributed by atoms with Crippen molar-refractivity contribution in [2.24, 2.45) is 5.92 Å². The van der Waals surface area contributed by atoms with Gasteiger partial charge in [0.25, 0.3) is 5.91 Å². The Bertz CT molecular complexity index is 976. The molecule has 0 radical (unpaired) electrons. The van der Waals surface area contributed by atoms with E-state index in [9.17, 15) is 22.8 Å². The molecule has 2 atom stereocenters. The lowest BCUT2D eigenvalue weighted by Crippen LogP contribution is -2.46. The van der Waals surface area contributed by atoms with Crippen molar-refractivity contribution in [1.82, 2.24) is 15.6 Å². The van der Waals surface area contributed by atoms with Gasteiger partial charge in [-0.15, -0.1) is 11.3 Å². The third-order valence-corrected chi connectivity index (χ3v) is 6.10. The predicted molar refractivity (Wildman–Crippen MR) is 113 cm³/mol. The number of hydrogen-bond donors (Lipinski definition) is 2. The highest BCUT2D eigenvalue weighted by Gasteiger charge is 2.37. The molecule has 0 bridgehead atoms. The highest BCUT2D eigenvalue weighted by Crippen LogP contribution is 2.40. The summed E-state index contributed by atoms with van der Waals surface area (Å²) in [6.45, 7) is 6.27. The van der Waals surface area contributed by atoms with E-state index in [1.54, 1.807) is 4.90 Å². The highest BCUT2D eigenvalue weighted by atomic mass is 32.1. The van der Waals surface area contributed by atoms with Crippen LogP contribution in [0.3, 0.4) is 0 Å². The molecule has 170 valence electrons. The third-order valence-electron chi connectivity index (χ3n) is 5.10. The van der Waals surface area contributed by atoms with Crippen molar-refractivity contribution in [1.29, 1.82) is 0 Å². The third kappa shape index (κ3) is 5.03. The van der Waals surface area contributed by atoms with Crippen LogP contribution < -0.4 is 15.5 Å². The lowest BCUT2D eigenvalue weighted by atomic mass is 9.96. The number of alkyl halides is 3. The van der Waals surface area contributed by atoms with E-state index in [1.165, 1.54) is 12.4 Å². The second-order valence-electron chi connectivity index (χ2n) is 7.89. The summed E-state index contributed by atoms with van der Waals surface area (Å²) in [5.41, 5.74) is -0.655. The Morgan fingerprint density at radius 3 is 2.65 bits per heavy atom. The number of nitrogens with one attached hydrogen (secondary N) is 2. The number of nitrogens with zero attached hydrogens (tertiary/aromatic N) is 2. The Kier molecular flexibility index (Phi) is 6.63. The van der Waals surface area contributed by atoms with Gasteiger partial charge in [-0.25, -0.2) is 9.78 Å². The molecule has 0 unspecified atom stereocenters. The summed E-state index contributed by atoms with van der Waals surface area (Å²) in [5, 5.41) is 6.50. The van der Waals surface area contributed by atoms with Gasteiger partial charge >= 0.3 is 12.3 Å². The van der Waals surface area contributed by atoms with E-state index in [2.05, 4.69) is 15.6 Å². The number of pyridine rings is 1. The highest BCUT2D eigenvalue weighted by molar-refractivity contribution is 7.17. The van der Waals surface area contributed by atoms with E-state index >= 15 is 0 Å². The zero-order valence-corrected chi connectivity index (χ0v) is 18.5. The van der Waals surface area contributed by atoms with Crippen LogP contribution in [0.25, 0.3) is 10.2 Å². The maximum absolute atomic E-state index is 13.7. The first-order chi connectivity index (χ1) is 14.5. The van der Waals surface area contributed by atoms with Crippen LogP contribution in [-0.4, -0.2) is 49.3 Å². The Hall–Kier alpha value is -2.56. The number of halogens is 3. The number of aromatic nitrogens is 1. The van der Waals surface area contributed by atoms with Crippen LogP contribution in [0.1, 0.15) is 43.1 Å². The second kappa shape index (κ2) is 8.89. The van der Waals surface area contributed by atoms with Crippen LogP contribution in [0, 0.1) is 5.92 Å². The maximum atomic E-state index is 13.7. The molecule has 0 aromatic carbocycles. The van der Waals surface area contributed by atoms with Crippen molar-refractivity contribution in [3.05, 3.63) is 22.6 Å². The van der Waals surface area contributed by atoms with Crippen molar-refractivity contribution >= 4 is 39.4 Å². The quantitative estimate of drug-likeness (QED) is 0.723. The first kappa shape index (κ1) is 23.1. The van der Waals surface area contributed by atoms with Gasteiger partial charge in [0.2, 0.25) is 0 Å². The first-order valence-corrected chi connectivity index (χ1v) is 10.8. The van der Waals surface area contributed by atoms with Gasteiger partial charge in [0.05, 0.1) is 21.3 Å². The minimum absolute atomic E-state index is 0.0384. The first-order valence-electron chi connectivity index (χ1n) is 9.94. The molecule has 2 aromatic heterocycles. The molecule has 3 rings (SSSR count). The minimum Gasteiger partial charge on any atom is -0.446 e. The fourth-order valence-corrected chi connectivity index (χ4v) is 4.60. The Morgan fingerprint density at radius 2 is 2.06 bits per heavy atom.